The van der Waals surface area contributed by atoms with E-state index in [9.17, 15) is 19.2 Å². The second-order valence-corrected chi connectivity index (χ2v) is 5.13. The van der Waals surface area contributed by atoms with Crippen molar-refractivity contribution in [2.45, 2.75) is 19.1 Å². The van der Waals surface area contributed by atoms with E-state index in [4.69, 9.17) is 15.9 Å². The summed E-state index contributed by atoms with van der Waals surface area (Å²) in [6, 6.07) is 5.67. The molecule has 0 bridgehead atoms. The highest BCUT2D eigenvalue weighted by molar-refractivity contribution is 5.87. The van der Waals surface area contributed by atoms with Crippen LogP contribution < -0.4 is 17.0 Å². The van der Waals surface area contributed by atoms with Gasteiger partial charge in [-0.1, -0.05) is 12.1 Å². The highest BCUT2D eigenvalue weighted by Gasteiger charge is 2.15. The second-order valence-electron chi connectivity index (χ2n) is 5.13. The Morgan fingerprint density at radius 2 is 1.88 bits per heavy atom. The minimum Gasteiger partial charge on any atom is -0.480 e. The van der Waals surface area contributed by atoms with E-state index in [1.165, 1.54) is 24.4 Å². The molecule has 126 valence electrons. The number of hydrogen-bond donors (Lipinski definition) is 3. The molecule has 2 aromatic rings. The predicted molar refractivity (Wildman–Crippen MR) is 83.1 cm³/mol. The Labute approximate surface area is 135 Å². The summed E-state index contributed by atoms with van der Waals surface area (Å²) in [4.78, 5) is 46.0. The lowest BCUT2D eigenvalue weighted by Crippen LogP contribution is -2.44. The number of nitrogens with zero attached hydrogens (tertiary/aromatic N) is 2. The SMILES string of the molecule is N[C@@H](Cn1ccc(=O)n(Cc2cccc(C(=O)O)c2)c1=O)C(=O)O. The number of aromatic carboxylic acids is 1. The van der Waals surface area contributed by atoms with E-state index >= 15 is 0 Å². The number of benzene rings is 1. The number of hydrogen-bond acceptors (Lipinski definition) is 5. The van der Waals surface area contributed by atoms with Crippen molar-refractivity contribution in [3.8, 4) is 0 Å². The molecular formula is C15H15N3O6. The molecule has 0 aliphatic carbocycles. The zero-order valence-corrected chi connectivity index (χ0v) is 12.5. The maximum absolute atomic E-state index is 12.3. The number of rotatable bonds is 6. The average Bonchev–Trinajstić information content (AvgIpc) is 2.54. The number of aliphatic carboxylic acids is 1. The Morgan fingerprint density at radius 3 is 2.50 bits per heavy atom. The second kappa shape index (κ2) is 6.92. The van der Waals surface area contributed by atoms with E-state index in [0.717, 1.165) is 15.2 Å². The first-order chi connectivity index (χ1) is 11.3. The van der Waals surface area contributed by atoms with Crippen LogP contribution in [-0.2, 0) is 17.9 Å². The van der Waals surface area contributed by atoms with Gasteiger partial charge >= 0.3 is 17.6 Å². The van der Waals surface area contributed by atoms with E-state index in [2.05, 4.69) is 0 Å². The van der Waals surface area contributed by atoms with Gasteiger partial charge in [0.15, 0.2) is 0 Å². The molecule has 0 radical (unpaired) electrons. The fourth-order valence-corrected chi connectivity index (χ4v) is 2.12. The van der Waals surface area contributed by atoms with Gasteiger partial charge < -0.3 is 15.9 Å². The minimum absolute atomic E-state index is 0.0321. The fourth-order valence-electron chi connectivity index (χ4n) is 2.12. The summed E-state index contributed by atoms with van der Waals surface area (Å²) >= 11 is 0. The number of carboxylic acid groups (broad SMARTS) is 2. The monoisotopic (exact) mass is 333 g/mol. The third-order valence-electron chi connectivity index (χ3n) is 3.36. The minimum atomic E-state index is -1.29. The van der Waals surface area contributed by atoms with Gasteiger partial charge in [-0.3, -0.25) is 18.7 Å². The van der Waals surface area contributed by atoms with Crippen LogP contribution >= 0.6 is 0 Å². The summed E-state index contributed by atoms with van der Waals surface area (Å²) in [6.07, 6.45) is 1.18. The van der Waals surface area contributed by atoms with E-state index < -0.39 is 29.2 Å². The van der Waals surface area contributed by atoms with Crippen molar-refractivity contribution < 1.29 is 19.8 Å². The Hall–Kier alpha value is -3.20. The van der Waals surface area contributed by atoms with Gasteiger partial charge in [-0.25, -0.2) is 9.59 Å². The molecule has 0 aliphatic rings. The van der Waals surface area contributed by atoms with Crippen molar-refractivity contribution in [3.05, 3.63) is 68.5 Å². The van der Waals surface area contributed by atoms with E-state index in [1.54, 1.807) is 6.07 Å². The van der Waals surface area contributed by atoms with Crippen LogP contribution in [-0.4, -0.2) is 37.3 Å². The van der Waals surface area contributed by atoms with Crippen molar-refractivity contribution in [1.29, 1.82) is 0 Å². The maximum Gasteiger partial charge on any atom is 0.335 e. The molecular weight excluding hydrogens is 318 g/mol. The largest absolute Gasteiger partial charge is 0.480 e. The van der Waals surface area contributed by atoms with Crippen LogP contribution in [0, 0.1) is 0 Å². The lowest BCUT2D eigenvalue weighted by atomic mass is 10.1. The molecule has 1 atom stereocenters. The smallest absolute Gasteiger partial charge is 0.335 e. The molecule has 9 heteroatoms. The van der Waals surface area contributed by atoms with Crippen LogP contribution in [0.3, 0.4) is 0 Å². The molecule has 24 heavy (non-hydrogen) atoms. The van der Waals surface area contributed by atoms with Crippen molar-refractivity contribution in [2.24, 2.45) is 5.73 Å². The molecule has 0 saturated heterocycles. The summed E-state index contributed by atoms with van der Waals surface area (Å²) < 4.78 is 1.91. The molecule has 0 saturated carbocycles. The third-order valence-corrected chi connectivity index (χ3v) is 3.36. The lowest BCUT2D eigenvalue weighted by Gasteiger charge is -2.12. The molecule has 0 unspecified atom stereocenters. The Morgan fingerprint density at radius 1 is 1.17 bits per heavy atom. The molecule has 1 aromatic carbocycles. The van der Waals surface area contributed by atoms with Crippen LogP contribution in [0.15, 0.2) is 46.1 Å². The molecule has 1 aromatic heterocycles. The summed E-state index contributed by atoms with van der Waals surface area (Å²) in [5.74, 6) is -2.39. The molecule has 0 aliphatic heterocycles. The molecule has 9 nitrogen and oxygen atoms in total. The summed E-state index contributed by atoms with van der Waals surface area (Å²) in [5, 5.41) is 17.8. The highest BCUT2D eigenvalue weighted by atomic mass is 16.4. The van der Waals surface area contributed by atoms with Gasteiger partial charge in [0, 0.05) is 12.3 Å². The van der Waals surface area contributed by atoms with Gasteiger partial charge in [-0.2, -0.15) is 0 Å². The van der Waals surface area contributed by atoms with Crippen LogP contribution in [0.25, 0.3) is 0 Å². The van der Waals surface area contributed by atoms with Gasteiger partial charge in [0.25, 0.3) is 5.56 Å². The van der Waals surface area contributed by atoms with E-state index in [1.807, 2.05) is 0 Å². The van der Waals surface area contributed by atoms with E-state index in [-0.39, 0.29) is 18.7 Å². The number of carboxylic acids is 2. The normalized spacial score (nSPS) is 11.9. The summed E-state index contributed by atoms with van der Waals surface area (Å²) in [7, 11) is 0. The maximum atomic E-state index is 12.3. The number of nitrogens with two attached hydrogens (primary N) is 1. The molecule has 0 spiro atoms. The first kappa shape index (κ1) is 17.2. The van der Waals surface area contributed by atoms with Crippen LogP contribution in [0.5, 0.6) is 0 Å². The van der Waals surface area contributed by atoms with Crippen molar-refractivity contribution >= 4 is 11.9 Å². The number of aromatic nitrogens is 2. The van der Waals surface area contributed by atoms with Crippen molar-refractivity contribution in [1.82, 2.24) is 9.13 Å². The molecule has 1 heterocycles. The topological polar surface area (TPSA) is 145 Å². The van der Waals surface area contributed by atoms with Crippen LogP contribution in [0.2, 0.25) is 0 Å². The lowest BCUT2D eigenvalue weighted by molar-refractivity contribution is -0.138. The summed E-state index contributed by atoms with van der Waals surface area (Å²) in [6.45, 7) is -0.425. The standard InChI is InChI=1S/C15H15N3O6/c16-11(14(22)23)8-17-5-4-12(19)18(15(17)24)7-9-2-1-3-10(6-9)13(20)21/h1-6,11H,7-8,16H2,(H,20,21)(H,22,23)/t11-/m0/s1. The van der Waals surface area contributed by atoms with Crippen molar-refractivity contribution in [3.63, 3.8) is 0 Å². The number of carbonyl (C=O) groups is 2. The van der Waals surface area contributed by atoms with Crippen LogP contribution in [0.1, 0.15) is 15.9 Å². The average molecular weight is 333 g/mol. The first-order valence-electron chi connectivity index (χ1n) is 6.90. The van der Waals surface area contributed by atoms with Crippen LogP contribution in [0.4, 0.5) is 0 Å². The summed E-state index contributed by atoms with van der Waals surface area (Å²) in [5.41, 5.74) is 4.58. The Balaban J connectivity index is 2.39. The van der Waals surface area contributed by atoms with Gasteiger partial charge in [0.2, 0.25) is 0 Å². The van der Waals surface area contributed by atoms with Gasteiger partial charge in [-0.05, 0) is 17.7 Å². The molecule has 0 fully saturated rings. The van der Waals surface area contributed by atoms with E-state index in [0.29, 0.717) is 5.56 Å². The zero-order valence-electron chi connectivity index (χ0n) is 12.5. The Bertz CT molecular complexity index is 899. The third kappa shape index (κ3) is 3.76. The van der Waals surface area contributed by atoms with Gasteiger partial charge in [0.1, 0.15) is 6.04 Å². The van der Waals surface area contributed by atoms with Gasteiger partial charge in [-0.15, -0.1) is 0 Å². The predicted octanol–water partition coefficient (Wildman–Crippen LogP) is -0.832. The zero-order chi connectivity index (χ0) is 17.9. The first-order valence-corrected chi connectivity index (χ1v) is 6.90. The molecule has 0 amide bonds. The fraction of sp³-hybridized carbons (Fsp3) is 0.200. The molecule has 4 N–H and O–H groups in total. The van der Waals surface area contributed by atoms with Crippen molar-refractivity contribution in [2.75, 3.05) is 0 Å². The van der Waals surface area contributed by atoms with Gasteiger partial charge in [0.05, 0.1) is 18.7 Å². The molecule has 2 rings (SSSR count). The quantitative estimate of drug-likeness (QED) is 0.625. The Kier molecular flexibility index (Phi) is 4.95. The highest BCUT2D eigenvalue weighted by Crippen LogP contribution is 2.06.